The van der Waals surface area contributed by atoms with Crippen molar-refractivity contribution in [3.05, 3.63) is 65.7 Å². The number of allylic oxidation sites excluding steroid dienone is 1. The maximum Gasteiger partial charge on any atom is 0.235 e. The fraction of sp³-hybridized carbons (Fsp3) is 0.250. The van der Waals surface area contributed by atoms with E-state index in [0.29, 0.717) is 22.8 Å². The van der Waals surface area contributed by atoms with E-state index in [-0.39, 0.29) is 11.7 Å². The topological polar surface area (TPSA) is 91.9 Å². The highest BCUT2D eigenvalue weighted by Gasteiger charge is 2.45. The smallest absolute Gasteiger partial charge is 0.235 e. The highest BCUT2D eigenvalue weighted by atomic mass is 19.1. The molecule has 1 aromatic carbocycles. The van der Waals surface area contributed by atoms with Gasteiger partial charge in [0, 0.05) is 17.6 Å². The SMILES string of the molecule is CC(=N)/C=C(\N)c1ccc(C2(C(=O)Nc3ccc(F)cc3)CCC2)cn1. The Morgan fingerprint density at radius 2 is 1.96 bits per heavy atom. The third kappa shape index (κ3) is 3.49. The van der Waals surface area contributed by atoms with Crippen LogP contribution in [-0.4, -0.2) is 16.6 Å². The molecule has 3 rings (SSSR count). The van der Waals surface area contributed by atoms with Gasteiger partial charge in [-0.15, -0.1) is 0 Å². The van der Waals surface area contributed by atoms with Crippen molar-refractivity contribution < 1.29 is 9.18 Å². The Morgan fingerprint density at radius 3 is 2.46 bits per heavy atom. The van der Waals surface area contributed by atoms with Gasteiger partial charge in [-0.25, -0.2) is 4.39 Å². The van der Waals surface area contributed by atoms with Crippen LogP contribution < -0.4 is 11.1 Å². The maximum atomic E-state index is 13.0. The molecule has 6 heteroatoms. The first-order valence-corrected chi connectivity index (χ1v) is 8.47. The molecular formula is C20H21FN4O. The van der Waals surface area contributed by atoms with Crippen molar-refractivity contribution in [1.82, 2.24) is 4.98 Å². The van der Waals surface area contributed by atoms with E-state index in [2.05, 4.69) is 10.3 Å². The molecule has 0 atom stereocenters. The van der Waals surface area contributed by atoms with Crippen molar-refractivity contribution >= 4 is 23.0 Å². The Morgan fingerprint density at radius 1 is 1.27 bits per heavy atom. The van der Waals surface area contributed by atoms with E-state index in [4.69, 9.17) is 11.1 Å². The van der Waals surface area contributed by atoms with Crippen LogP contribution in [0.3, 0.4) is 0 Å². The number of carbonyl (C=O) groups excluding carboxylic acids is 1. The van der Waals surface area contributed by atoms with Crippen molar-refractivity contribution in [2.75, 3.05) is 5.32 Å². The molecule has 0 spiro atoms. The van der Waals surface area contributed by atoms with E-state index in [1.54, 1.807) is 37.4 Å². The lowest BCUT2D eigenvalue weighted by molar-refractivity contribution is -0.124. The summed E-state index contributed by atoms with van der Waals surface area (Å²) < 4.78 is 13.0. The van der Waals surface area contributed by atoms with Gasteiger partial charge in [-0.2, -0.15) is 0 Å². The Labute approximate surface area is 151 Å². The quantitative estimate of drug-likeness (QED) is 0.718. The predicted molar refractivity (Wildman–Crippen MR) is 100 cm³/mol. The van der Waals surface area contributed by atoms with Gasteiger partial charge in [-0.05, 0) is 61.7 Å². The molecule has 1 saturated carbocycles. The first kappa shape index (κ1) is 17.8. The van der Waals surface area contributed by atoms with Crippen LogP contribution >= 0.6 is 0 Å². The van der Waals surface area contributed by atoms with Gasteiger partial charge in [0.25, 0.3) is 0 Å². The van der Waals surface area contributed by atoms with Crippen LogP contribution in [0.4, 0.5) is 10.1 Å². The van der Waals surface area contributed by atoms with Gasteiger partial charge in [0.1, 0.15) is 5.82 Å². The molecule has 0 radical (unpaired) electrons. The standard InChI is InChI=1S/C20H21FN4O/c1-13(22)11-17(23)18-8-3-14(12-24-18)20(9-2-10-20)19(26)25-16-6-4-15(21)5-7-16/h3-8,11-12,22H,2,9-10,23H2,1H3,(H,25,26)/b17-11-,22-13?. The van der Waals surface area contributed by atoms with E-state index < -0.39 is 5.41 Å². The molecule has 0 saturated heterocycles. The van der Waals surface area contributed by atoms with Gasteiger partial charge in [0.2, 0.25) is 5.91 Å². The second-order valence-corrected chi connectivity index (χ2v) is 6.61. The van der Waals surface area contributed by atoms with Gasteiger partial charge >= 0.3 is 0 Å². The van der Waals surface area contributed by atoms with Crippen molar-refractivity contribution in [2.24, 2.45) is 5.73 Å². The second kappa shape index (κ2) is 7.07. The second-order valence-electron chi connectivity index (χ2n) is 6.61. The minimum Gasteiger partial charge on any atom is -0.397 e. The van der Waals surface area contributed by atoms with Gasteiger partial charge in [-0.1, -0.05) is 12.5 Å². The van der Waals surface area contributed by atoms with Crippen LogP contribution in [0, 0.1) is 11.2 Å². The van der Waals surface area contributed by atoms with E-state index in [1.807, 2.05) is 6.07 Å². The number of aromatic nitrogens is 1. The fourth-order valence-corrected chi connectivity index (χ4v) is 3.12. The molecule has 1 heterocycles. The number of hydrogen-bond donors (Lipinski definition) is 3. The third-order valence-corrected chi connectivity index (χ3v) is 4.73. The molecule has 134 valence electrons. The van der Waals surface area contributed by atoms with E-state index >= 15 is 0 Å². The fourth-order valence-electron chi connectivity index (χ4n) is 3.12. The first-order valence-electron chi connectivity index (χ1n) is 8.47. The average Bonchev–Trinajstić information content (AvgIpc) is 2.56. The molecule has 5 nitrogen and oxygen atoms in total. The molecule has 0 unspecified atom stereocenters. The zero-order valence-electron chi connectivity index (χ0n) is 14.6. The van der Waals surface area contributed by atoms with Gasteiger partial charge in [-0.3, -0.25) is 9.78 Å². The number of benzene rings is 1. The molecule has 2 aromatic rings. The average molecular weight is 352 g/mol. The van der Waals surface area contributed by atoms with Crippen molar-refractivity contribution in [1.29, 1.82) is 5.41 Å². The number of nitrogens with zero attached hydrogens (tertiary/aromatic N) is 1. The molecule has 4 N–H and O–H groups in total. The molecule has 1 aromatic heterocycles. The summed E-state index contributed by atoms with van der Waals surface area (Å²) in [6.07, 6.45) is 5.67. The normalized spacial score (nSPS) is 15.8. The van der Waals surface area contributed by atoms with Crippen LogP contribution in [0.15, 0.2) is 48.7 Å². The van der Waals surface area contributed by atoms with E-state index in [1.165, 1.54) is 12.1 Å². The largest absolute Gasteiger partial charge is 0.397 e. The van der Waals surface area contributed by atoms with Crippen LogP contribution in [0.5, 0.6) is 0 Å². The summed E-state index contributed by atoms with van der Waals surface area (Å²) in [5, 5.41) is 10.3. The highest BCUT2D eigenvalue weighted by Crippen LogP contribution is 2.44. The molecule has 1 aliphatic rings. The lowest BCUT2D eigenvalue weighted by Crippen LogP contribution is -2.46. The zero-order chi connectivity index (χ0) is 18.7. The summed E-state index contributed by atoms with van der Waals surface area (Å²) in [4.78, 5) is 17.2. The summed E-state index contributed by atoms with van der Waals surface area (Å²) in [6.45, 7) is 1.64. The number of amides is 1. The van der Waals surface area contributed by atoms with Crippen molar-refractivity contribution in [3.8, 4) is 0 Å². The maximum absolute atomic E-state index is 13.0. The number of hydrogen-bond acceptors (Lipinski definition) is 4. The minimum absolute atomic E-state index is 0.108. The zero-order valence-corrected chi connectivity index (χ0v) is 14.6. The van der Waals surface area contributed by atoms with Gasteiger partial charge in [0.15, 0.2) is 0 Å². The number of carbonyl (C=O) groups is 1. The van der Waals surface area contributed by atoms with E-state index in [9.17, 15) is 9.18 Å². The predicted octanol–water partition coefficient (Wildman–Crippen LogP) is 3.62. The molecule has 26 heavy (non-hydrogen) atoms. The van der Waals surface area contributed by atoms with Crippen LogP contribution in [0.2, 0.25) is 0 Å². The Balaban J connectivity index is 1.82. The molecule has 1 aliphatic carbocycles. The lowest BCUT2D eigenvalue weighted by atomic mass is 9.64. The van der Waals surface area contributed by atoms with Crippen LogP contribution in [0.25, 0.3) is 5.70 Å². The summed E-state index contributed by atoms with van der Waals surface area (Å²) in [5.74, 6) is -0.448. The van der Waals surface area contributed by atoms with Crippen LogP contribution in [-0.2, 0) is 10.2 Å². The highest BCUT2D eigenvalue weighted by molar-refractivity contribution is 6.00. The first-order chi connectivity index (χ1) is 12.4. The monoisotopic (exact) mass is 352 g/mol. The van der Waals surface area contributed by atoms with Crippen molar-refractivity contribution in [3.63, 3.8) is 0 Å². The van der Waals surface area contributed by atoms with Crippen LogP contribution in [0.1, 0.15) is 37.4 Å². The van der Waals surface area contributed by atoms with Gasteiger partial charge < -0.3 is 16.5 Å². The Hall–Kier alpha value is -3.02. The minimum atomic E-state index is -0.615. The van der Waals surface area contributed by atoms with Gasteiger partial charge in [0.05, 0.1) is 16.8 Å². The molecular weight excluding hydrogens is 331 g/mol. The summed E-state index contributed by atoms with van der Waals surface area (Å²) >= 11 is 0. The number of nitrogens with two attached hydrogens (primary N) is 1. The van der Waals surface area contributed by atoms with E-state index in [0.717, 1.165) is 24.8 Å². The molecule has 0 bridgehead atoms. The molecule has 0 aliphatic heterocycles. The summed E-state index contributed by atoms with van der Waals surface area (Å²) in [5.41, 5.74) is 8.06. The Bertz CT molecular complexity index is 852. The van der Waals surface area contributed by atoms with Crippen molar-refractivity contribution in [2.45, 2.75) is 31.6 Å². The lowest BCUT2D eigenvalue weighted by Gasteiger charge is -2.40. The number of rotatable bonds is 5. The summed E-state index contributed by atoms with van der Waals surface area (Å²) in [6, 6.07) is 9.37. The summed E-state index contributed by atoms with van der Waals surface area (Å²) in [7, 11) is 0. The number of pyridine rings is 1. The number of anilines is 1. The molecule has 1 amide bonds. The third-order valence-electron chi connectivity index (χ3n) is 4.73. The number of halogens is 1. The number of nitrogens with one attached hydrogen (secondary N) is 2. The molecule has 1 fully saturated rings. The Kier molecular flexibility index (Phi) is 4.84.